The van der Waals surface area contributed by atoms with Crippen molar-refractivity contribution in [3.8, 4) is 0 Å². The molecule has 2 rings (SSSR count). The molecule has 0 aromatic heterocycles. The first-order chi connectivity index (χ1) is 11.7. The molecule has 0 aliphatic rings. The molecule has 0 aliphatic carbocycles. The molecular weight excluding hydrogens is 432 g/mol. The van der Waals surface area contributed by atoms with Crippen molar-refractivity contribution in [2.45, 2.75) is 24.9 Å². The largest absolute Gasteiger partial charge is 0.326 e. The molecule has 0 saturated carbocycles. The molecule has 0 bridgehead atoms. The van der Waals surface area contributed by atoms with Crippen molar-refractivity contribution in [1.29, 1.82) is 0 Å². The highest BCUT2D eigenvalue weighted by Gasteiger charge is 2.30. The lowest BCUT2D eigenvalue weighted by Crippen LogP contribution is -2.25. The zero-order chi connectivity index (χ0) is 17.5. The summed E-state index contributed by atoms with van der Waals surface area (Å²) < 4.78 is 0. The van der Waals surface area contributed by atoms with Crippen LogP contribution in [0.3, 0.4) is 0 Å². The van der Waals surface area contributed by atoms with Gasteiger partial charge in [-0.3, -0.25) is 4.79 Å². The van der Waals surface area contributed by atoms with E-state index in [-0.39, 0.29) is 17.6 Å². The number of hydrogen-bond acceptors (Lipinski definition) is 3. The number of Topliss-reactive ketones (excluding diaryl/α,β-unsaturated/α-hetero) is 1. The standard InChI is InChI=1S/C19H22Br2N2O/c20-9-17(15-7-3-1-5-13(15)11-22)19(24)18(10-21)16-8-4-2-6-14(16)12-23/h1-8,17-18H,9-12,22-23H2. The Balaban J connectivity index is 2.42. The van der Waals surface area contributed by atoms with Crippen LogP contribution in [0.2, 0.25) is 0 Å². The van der Waals surface area contributed by atoms with Crippen LogP contribution in [0.5, 0.6) is 0 Å². The van der Waals surface area contributed by atoms with Crippen LogP contribution in [0.4, 0.5) is 0 Å². The molecular formula is C19H22Br2N2O. The lowest BCUT2D eigenvalue weighted by Gasteiger charge is -2.23. The molecule has 2 atom stereocenters. The normalized spacial score (nSPS) is 13.5. The Kier molecular flexibility index (Phi) is 7.62. The van der Waals surface area contributed by atoms with E-state index in [1.807, 2.05) is 48.5 Å². The van der Waals surface area contributed by atoms with E-state index in [9.17, 15) is 4.79 Å². The van der Waals surface area contributed by atoms with E-state index >= 15 is 0 Å². The van der Waals surface area contributed by atoms with Gasteiger partial charge in [-0.25, -0.2) is 0 Å². The molecule has 0 heterocycles. The van der Waals surface area contributed by atoms with Crippen LogP contribution in [0.1, 0.15) is 34.1 Å². The highest BCUT2D eigenvalue weighted by molar-refractivity contribution is 9.09. The van der Waals surface area contributed by atoms with Gasteiger partial charge in [0.25, 0.3) is 0 Å². The van der Waals surface area contributed by atoms with E-state index in [4.69, 9.17) is 11.5 Å². The smallest absolute Gasteiger partial charge is 0.149 e. The fourth-order valence-corrected chi connectivity index (χ4v) is 4.32. The maximum atomic E-state index is 13.3. The van der Waals surface area contributed by atoms with Crippen molar-refractivity contribution in [2.24, 2.45) is 11.5 Å². The fraction of sp³-hybridized carbons (Fsp3) is 0.316. The zero-order valence-corrected chi connectivity index (χ0v) is 16.6. The third-order valence-electron chi connectivity index (χ3n) is 4.30. The van der Waals surface area contributed by atoms with Crippen molar-refractivity contribution in [3.63, 3.8) is 0 Å². The molecule has 2 aromatic carbocycles. The van der Waals surface area contributed by atoms with Crippen molar-refractivity contribution < 1.29 is 4.79 Å². The Morgan fingerprint density at radius 1 is 0.792 bits per heavy atom. The number of hydrogen-bond donors (Lipinski definition) is 2. The predicted molar refractivity (Wildman–Crippen MR) is 107 cm³/mol. The molecule has 0 aliphatic heterocycles. The van der Waals surface area contributed by atoms with Crippen LogP contribution < -0.4 is 11.5 Å². The zero-order valence-electron chi connectivity index (χ0n) is 13.4. The fourth-order valence-electron chi connectivity index (χ4n) is 2.99. The van der Waals surface area contributed by atoms with Crippen molar-refractivity contribution in [3.05, 3.63) is 70.8 Å². The van der Waals surface area contributed by atoms with E-state index in [0.717, 1.165) is 22.3 Å². The quantitative estimate of drug-likeness (QED) is 0.596. The number of carbonyl (C=O) groups excluding carboxylic acids is 1. The first kappa shape index (κ1) is 19.3. The molecule has 0 fully saturated rings. The molecule has 3 nitrogen and oxygen atoms in total. The molecule has 24 heavy (non-hydrogen) atoms. The van der Waals surface area contributed by atoms with E-state index in [2.05, 4.69) is 31.9 Å². The number of nitrogens with two attached hydrogens (primary N) is 2. The first-order valence-electron chi connectivity index (χ1n) is 7.89. The molecule has 0 saturated heterocycles. The van der Waals surface area contributed by atoms with Crippen LogP contribution in [0.25, 0.3) is 0 Å². The third kappa shape index (κ3) is 4.14. The van der Waals surface area contributed by atoms with E-state index in [1.165, 1.54) is 0 Å². The summed E-state index contributed by atoms with van der Waals surface area (Å²) in [5, 5.41) is 1.13. The number of rotatable bonds is 8. The van der Waals surface area contributed by atoms with Crippen LogP contribution in [0, 0.1) is 0 Å². The Bertz CT molecular complexity index is 633. The second kappa shape index (κ2) is 9.47. The summed E-state index contributed by atoms with van der Waals surface area (Å²) in [7, 11) is 0. The maximum Gasteiger partial charge on any atom is 0.149 e. The molecule has 0 radical (unpaired) electrons. The molecule has 2 aromatic rings. The summed E-state index contributed by atoms with van der Waals surface area (Å²) in [6.45, 7) is 0.844. The Morgan fingerprint density at radius 3 is 1.50 bits per heavy atom. The molecule has 2 unspecified atom stereocenters. The topological polar surface area (TPSA) is 69.1 Å². The highest BCUT2D eigenvalue weighted by atomic mass is 79.9. The maximum absolute atomic E-state index is 13.3. The van der Waals surface area contributed by atoms with Crippen molar-refractivity contribution >= 4 is 37.6 Å². The molecule has 0 amide bonds. The number of alkyl halides is 2. The predicted octanol–water partition coefficient (Wildman–Crippen LogP) is 3.83. The lowest BCUT2D eigenvalue weighted by molar-refractivity contribution is -0.121. The van der Waals surface area contributed by atoms with Gasteiger partial charge in [-0.05, 0) is 22.3 Å². The van der Waals surface area contributed by atoms with Gasteiger partial charge >= 0.3 is 0 Å². The average molecular weight is 454 g/mol. The van der Waals surface area contributed by atoms with Crippen LogP contribution >= 0.6 is 31.9 Å². The van der Waals surface area contributed by atoms with E-state index < -0.39 is 0 Å². The SMILES string of the molecule is NCc1ccccc1C(CBr)C(=O)C(CBr)c1ccccc1CN. The highest BCUT2D eigenvalue weighted by Crippen LogP contribution is 2.32. The minimum Gasteiger partial charge on any atom is -0.326 e. The van der Waals surface area contributed by atoms with Crippen molar-refractivity contribution in [1.82, 2.24) is 0 Å². The third-order valence-corrected chi connectivity index (χ3v) is 5.59. The lowest BCUT2D eigenvalue weighted by atomic mass is 9.82. The van der Waals surface area contributed by atoms with Gasteiger partial charge in [-0.1, -0.05) is 80.4 Å². The number of ketones is 1. The molecule has 5 heteroatoms. The summed E-state index contributed by atoms with van der Waals surface area (Å²) in [4.78, 5) is 13.3. The van der Waals surface area contributed by atoms with Crippen LogP contribution in [-0.2, 0) is 17.9 Å². The molecule has 4 N–H and O–H groups in total. The van der Waals surface area contributed by atoms with Crippen LogP contribution in [-0.4, -0.2) is 16.4 Å². The van der Waals surface area contributed by atoms with E-state index in [1.54, 1.807) is 0 Å². The number of carbonyl (C=O) groups is 1. The molecule has 0 spiro atoms. The average Bonchev–Trinajstić information content (AvgIpc) is 2.64. The summed E-state index contributed by atoms with van der Waals surface area (Å²) in [5.74, 6) is -0.304. The van der Waals surface area contributed by atoms with Gasteiger partial charge in [0.2, 0.25) is 0 Å². The summed E-state index contributed by atoms with van der Waals surface area (Å²) >= 11 is 7.04. The number of benzene rings is 2. The summed E-state index contributed by atoms with van der Waals surface area (Å²) in [5.41, 5.74) is 15.7. The van der Waals surface area contributed by atoms with Gasteiger partial charge in [0.05, 0.1) is 11.8 Å². The Morgan fingerprint density at radius 2 is 1.17 bits per heavy atom. The van der Waals surface area contributed by atoms with Gasteiger partial charge in [-0.15, -0.1) is 0 Å². The molecule has 128 valence electrons. The van der Waals surface area contributed by atoms with Crippen LogP contribution in [0.15, 0.2) is 48.5 Å². The second-order valence-corrected chi connectivity index (χ2v) is 6.92. The second-order valence-electron chi connectivity index (χ2n) is 5.62. The van der Waals surface area contributed by atoms with Gasteiger partial charge in [0, 0.05) is 23.7 Å². The van der Waals surface area contributed by atoms with Gasteiger partial charge < -0.3 is 11.5 Å². The first-order valence-corrected chi connectivity index (χ1v) is 10.1. The minimum absolute atomic E-state index is 0.172. The van der Waals surface area contributed by atoms with Crippen molar-refractivity contribution in [2.75, 3.05) is 10.7 Å². The van der Waals surface area contributed by atoms with Gasteiger partial charge in [0.15, 0.2) is 0 Å². The summed E-state index contributed by atoms with van der Waals surface area (Å²) in [6.07, 6.45) is 0. The Labute approximate surface area is 160 Å². The number of halogens is 2. The monoisotopic (exact) mass is 452 g/mol. The van der Waals surface area contributed by atoms with Gasteiger partial charge in [-0.2, -0.15) is 0 Å². The minimum atomic E-state index is -0.238. The van der Waals surface area contributed by atoms with E-state index in [0.29, 0.717) is 23.7 Å². The summed E-state index contributed by atoms with van der Waals surface area (Å²) in [6, 6.07) is 15.8. The Hall–Kier alpha value is -1.01. The van der Waals surface area contributed by atoms with Gasteiger partial charge in [0.1, 0.15) is 5.78 Å².